The molecule has 1 N–H and O–H groups in total. The molecule has 1 rings (SSSR count). The second kappa shape index (κ2) is 6.10. The molecule has 1 saturated heterocycles. The van der Waals surface area contributed by atoms with Gasteiger partial charge in [0.15, 0.2) is 5.11 Å². The lowest BCUT2D eigenvalue weighted by molar-refractivity contribution is -0.128. The standard InChI is InChI=1S/C12H14N2O2S/c1-3-5-6-7-9-10(15)13-12(17)14(8-4-2)11(9)16/h3-4,7H,1-2,5-6,8H2,(H,13,15,17)/b9-7+. The maximum Gasteiger partial charge on any atom is 0.265 e. The lowest BCUT2D eigenvalue weighted by Gasteiger charge is -2.27. The number of hydrogen-bond donors (Lipinski definition) is 1. The van der Waals surface area contributed by atoms with Crippen molar-refractivity contribution in [3.05, 3.63) is 37.0 Å². The minimum Gasteiger partial charge on any atom is -0.298 e. The van der Waals surface area contributed by atoms with Crippen LogP contribution in [0.5, 0.6) is 0 Å². The van der Waals surface area contributed by atoms with Crippen LogP contribution in [0.2, 0.25) is 0 Å². The van der Waals surface area contributed by atoms with Gasteiger partial charge in [-0.1, -0.05) is 18.2 Å². The van der Waals surface area contributed by atoms with Crippen molar-refractivity contribution in [3.63, 3.8) is 0 Å². The molecule has 0 saturated carbocycles. The Morgan fingerprint density at radius 3 is 2.53 bits per heavy atom. The van der Waals surface area contributed by atoms with Crippen LogP contribution in [0.4, 0.5) is 0 Å². The van der Waals surface area contributed by atoms with Gasteiger partial charge in [-0.25, -0.2) is 0 Å². The minimum atomic E-state index is -0.440. The van der Waals surface area contributed by atoms with Crippen LogP contribution in [0.25, 0.3) is 0 Å². The van der Waals surface area contributed by atoms with E-state index in [1.54, 1.807) is 18.2 Å². The average molecular weight is 250 g/mol. The van der Waals surface area contributed by atoms with Crippen LogP contribution in [-0.2, 0) is 9.59 Å². The summed E-state index contributed by atoms with van der Waals surface area (Å²) >= 11 is 4.92. The van der Waals surface area contributed by atoms with Crippen molar-refractivity contribution in [2.24, 2.45) is 0 Å². The van der Waals surface area contributed by atoms with Crippen LogP contribution in [0.3, 0.4) is 0 Å². The Morgan fingerprint density at radius 1 is 1.24 bits per heavy atom. The normalized spacial score (nSPS) is 18.2. The van der Waals surface area contributed by atoms with Gasteiger partial charge in [-0.2, -0.15) is 0 Å². The van der Waals surface area contributed by atoms with Gasteiger partial charge in [0, 0.05) is 6.54 Å². The van der Waals surface area contributed by atoms with E-state index >= 15 is 0 Å². The van der Waals surface area contributed by atoms with E-state index in [2.05, 4.69) is 18.5 Å². The van der Waals surface area contributed by atoms with E-state index in [0.717, 1.165) is 6.42 Å². The monoisotopic (exact) mass is 250 g/mol. The molecule has 0 unspecified atom stereocenters. The third-order valence-electron chi connectivity index (χ3n) is 2.22. The van der Waals surface area contributed by atoms with E-state index in [9.17, 15) is 9.59 Å². The zero-order chi connectivity index (χ0) is 12.8. The predicted molar refractivity (Wildman–Crippen MR) is 70.2 cm³/mol. The van der Waals surface area contributed by atoms with Crippen LogP contribution in [0, 0.1) is 0 Å². The van der Waals surface area contributed by atoms with Crippen molar-refractivity contribution in [3.8, 4) is 0 Å². The molecule has 5 heteroatoms. The van der Waals surface area contributed by atoms with E-state index in [-0.39, 0.29) is 23.1 Å². The summed E-state index contributed by atoms with van der Waals surface area (Å²) in [4.78, 5) is 24.9. The quantitative estimate of drug-likeness (QED) is 0.263. The SMILES string of the molecule is C=CCC/C=C1\C(=O)NC(=S)N(CC=C)C1=O. The highest BCUT2D eigenvalue weighted by atomic mass is 32.1. The lowest BCUT2D eigenvalue weighted by atomic mass is 10.1. The zero-order valence-corrected chi connectivity index (χ0v) is 10.3. The number of rotatable bonds is 5. The fraction of sp³-hybridized carbons (Fsp3) is 0.250. The molecular formula is C12H14N2O2S. The molecule has 0 radical (unpaired) electrons. The summed E-state index contributed by atoms with van der Waals surface area (Å²) in [7, 11) is 0. The number of allylic oxidation sites excluding steroid dienone is 2. The Bertz CT molecular complexity index is 413. The van der Waals surface area contributed by atoms with E-state index in [4.69, 9.17) is 12.2 Å². The molecule has 2 amide bonds. The summed E-state index contributed by atoms with van der Waals surface area (Å²) < 4.78 is 0. The number of nitrogens with zero attached hydrogens (tertiary/aromatic N) is 1. The van der Waals surface area contributed by atoms with Gasteiger partial charge in [-0.05, 0) is 25.1 Å². The van der Waals surface area contributed by atoms with Crippen LogP contribution in [0.1, 0.15) is 12.8 Å². The number of carbonyl (C=O) groups excluding carboxylic acids is 2. The first-order valence-corrected chi connectivity index (χ1v) is 5.61. The highest BCUT2D eigenvalue weighted by Crippen LogP contribution is 2.11. The third kappa shape index (κ3) is 3.10. The van der Waals surface area contributed by atoms with E-state index < -0.39 is 5.91 Å². The fourth-order valence-corrected chi connectivity index (χ4v) is 1.64. The molecule has 90 valence electrons. The van der Waals surface area contributed by atoms with Crippen molar-refractivity contribution in [2.75, 3.05) is 6.54 Å². The number of amides is 2. The summed E-state index contributed by atoms with van der Waals surface area (Å²) in [5, 5.41) is 2.60. The highest BCUT2D eigenvalue weighted by molar-refractivity contribution is 7.80. The van der Waals surface area contributed by atoms with Crippen molar-refractivity contribution < 1.29 is 9.59 Å². The van der Waals surface area contributed by atoms with Gasteiger partial charge in [-0.15, -0.1) is 13.2 Å². The molecule has 1 fully saturated rings. The third-order valence-corrected chi connectivity index (χ3v) is 2.54. The smallest absolute Gasteiger partial charge is 0.265 e. The number of thiocarbonyl (C=S) groups is 1. The lowest BCUT2D eigenvalue weighted by Crippen LogP contribution is -2.53. The van der Waals surface area contributed by atoms with Gasteiger partial charge in [0.1, 0.15) is 5.57 Å². The Balaban J connectivity index is 2.89. The summed E-state index contributed by atoms with van der Waals surface area (Å²) in [6.45, 7) is 7.41. The van der Waals surface area contributed by atoms with Crippen molar-refractivity contribution >= 4 is 29.1 Å². The number of hydrogen-bond acceptors (Lipinski definition) is 3. The van der Waals surface area contributed by atoms with Gasteiger partial charge < -0.3 is 0 Å². The van der Waals surface area contributed by atoms with E-state index in [0.29, 0.717) is 6.42 Å². The van der Waals surface area contributed by atoms with Gasteiger partial charge in [0.2, 0.25) is 0 Å². The summed E-state index contributed by atoms with van der Waals surface area (Å²) in [5.74, 6) is -0.813. The molecule has 0 spiro atoms. The average Bonchev–Trinajstić information content (AvgIpc) is 2.29. The first kappa shape index (κ1) is 13.3. The molecule has 0 aliphatic carbocycles. The maximum absolute atomic E-state index is 12.0. The van der Waals surface area contributed by atoms with Crippen molar-refractivity contribution in [1.82, 2.24) is 10.2 Å². The summed E-state index contributed by atoms with van der Waals surface area (Å²) in [5.41, 5.74) is 0.127. The van der Waals surface area contributed by atoms with Crippen LogP contribution in [-0.4, -0.2) is 28.4 Å². The highest BCUT2D eigenvalue weighted by Gasteiger charge is 2.32. The van der Waals surface area contributed by atoms with Crippen LogP contribution >= 0.6 is 12.2 Å². The molecule has 0 aromatic heterocycles. The minimum absolute atomic E-state index is 0.126. The molecule has 1 aliphatic rings. The molecule has 1 heterocycles. The van der Waals surface area contributed by atoms with Crippen LogP contribution in [0.15, 0.2) is 37.0 Å². The second-order valence-corrected chi connectivity index (χ2v) is 3.83. The first-order chi connectivity index (χ1) is 8.11. The van der Waals surface area contributed by atoms with Gasteiger partial charge in [0.25, 0.3) is 11.8 Å². The first-order valence-electron chi connectivity index (χ1n) is 5.21. The second-order valence-electron chi connectivity index (χ2n) is 3.45. The molecule has 0 aromatic carbocycles. The molecule has 0 bridgehead atoms. The van der Waals surface area contributed by atoms with E-state index in [1.165, 1.54) is 4.90 Å². The number of nitrogens with one attached hydrogen (secondary N) is 1. The zero-order valence-electron chi connectivity index (χ0n) is 9.44. The summed E-state index contributed by atoms with van der Waals surface area (Å²) in [6.07, 6.45) is 6.22. The van der Waals surface area contributed by atoms with Crippen molar-refractivity contribution in [1.29, 1.82) is 0 Å². The van der Waals surface area contributed by atoms with Crippen molar-refractivity contribution in [2.45, 2.75) is 12.8 Å². The molecule has 4 nitrogen and oxygen atoms in total. The van der Waals surface area contributed by atoms with Gasteiger partial charge in [-0.3, -0.25) is 19.8 Å². The Labute approximate surface area is 106 Å². The van der Waals surface area contributed by atoms with Crippen LogP contribution < -0.4 is 5.32 Å². The van der Waals surface area contributed by atoms with Gasteiger partial charge >= 0.3 is 0 Å². The molecule has 17 heavy (non-hydrogen) atoms. The maximum atomic E-state index is 12.0. The topological polar surface area (TPSA) is 49.4 Å². The fourth-order valence-electron chi connectivity index (χ4n) is 1.39. The number of carbonyl (C=O) groups is 2. The Morgan fingerprint density at radius 2 is 1.94 bits per heavy atom. The predicted octanol–water partition coefficient (Wildman–Crippen LogP) is 1.31. The van der Waals surface area contributed by atoms with E-state index in [1.807, 2.05) is 0 Å². The Hall–Kier alpha value is -1.75. The molecule has 0 aromatic rings. The molecular weight excluding hydrogens is 236 g/mol. The molecule has 1 aliphatic heterocycles. The summed E-state index contributed by atoms with van der Waals surface area (Å²) in [6, 6.07) is 0. The largest absolute Gasteiger partial charge is 0.298 e. The van der Waals surface area contributed by atoms with Gasteiger partial charge in [0.05, 0.1) is 0 Å². The Kier molecular flexibility index (Phi) is 4.78. The molecule has 0 atom stereocenters. The number of unbranched alkanes of at least 4 members (excludes halogenated alkanes) is 1.